The average molecular weight is 380 g/mol. The fraction of sp³-hybridized carbons (Fsp3) is 0.190. The van der Waals surface area contributed by atoms with E-state index in [0.29, 0.717) is 23.3 Å². The Morgan fingerprint density at radius 1 is 1.07 bits per heavy atom. The van der Waals surface area contributed by atoms with Gasteiger partial charge in [0.1, 0.15) is 4.91 Å². The molecule has 0 spiro atoms. The zero-order chi connectivity index (χ0) is 19.4. The van der Waals surface area contributed by atoms with E-state index in [1.807, 2.05) is 36.4 Å². The molecule has 1 heterocycles. The van der Waals surface area contributed by atoms with Gasteiger partial charge in [0, 0.05) is 5.56 Å². The smallest absolute Gasteiger partial charge is 0.206 e. The zero-order valence-electron chi connectivity index (χ0n) is 14.9. The molecule has 0 saturated heterocycles. The van der Waals surface area contributed by atoms with Crippen LogP contribution in [-0.2, 0) is 14.6 Å². The van der Waals surface area contributed by atoms with Crippen molar-refractivity contribution in [3.8, 4) is 6.07 Å². The van der Waals surface area contributed by atoms with Crippen molar-refractivity contribution in [2.24, 2.45) is 5.73 Å². The Kier molecular flexibility index (Phi) is 5.33. The highest BCUT2D eigenvalue weighted by atomic mass is 32.2. The number of nitrogens with two attached hydrogens (primary N) is 1. The van der Waals surface area contributed by atoms with Crippen LogP contribution in [0.15, 0.2) is 77.0 Å². The first-order valence-electron chi connectivity index (χ1n) is 8.64. The number of hydrogen-bond acceptors (Lipinski definition) is 5. The number of nitrogens with zero attached hydrogens (tertiary/aromatic N) is 1. The molecule has 138 valence electrons. The van der Waals surface area contributed by atoms with Crippen LogP contribution in [0.4, 0.5) is 0 Å². The number of allylic oxidation sites excluding steroid dienone is 2. The average Bonchev–Trinajstić information content (AvgIpc) is 2.68. The maximum Gasteiger partial charge on any atom is 0.206 e. The first kappa shape index (κ1) is 18.7. The summed E-state index contributed by atoms with van der Waals surface area (Å²) in [7, 11) is -3.68. The third-order valence-electron chi connectivity index (χ3n) is 4.35. The summed E-state index contributed by atoms with van der Waals surface area (Å²) < 4.78 is 31.6. The van der Waals surface area contributed by atoms with Crippen molar-refractivity contribution < 1.29 is 13.2 Å². The molecule has 1 aliphatic heterocycles. The number of sulfone groups is 1. The summed E-state index contributed by atoms with van der Waals surface area (Å²) in [4.78, 5) is -0.0354. The lowest BCUT2D eigenvalue weighted by Gasteiger charge is -2.28. The van der Waals surface area contributed by atoms with Crippen LogP contribution in [0, 0.1) is 11.3 Å². The van der Waals surface area contributed by atoms with E-state index in [4.69, 9.17) is 10.5 Å². The van der Waals surface area contributed by atoms with E-state index in [9.17, 15) is 13.7 Å². The van der Waals surface area contributed by atoms with E-state index in [-0.39, 0.29) is 22.1 Å². The Bertz CT molecular complexity index is 1030. The predicted molar refractivity (Wildman–Crippen MR) is 105 cm³/mol. The molecule has 2 aromatic carbocycles. The number of hydrogen-bond donors (Lipinski definition) is 1. The van der Waals surface area contributed by atoms with Crippen molar-refractivity contribution in [2.75, 3.05) is 5.75 Å². The van der Waals surface area contributed by atoms with Crippen LogP contribution < -0.4 is 5.73 Å². The predicted octanol–water partition coefficient (Wildman–Crippen LogP) is 3.69. The summed E-state index contributed by atoms with van der Waals surface area (Å²) in [5.41, 5.74) is 7.69. The Morgan fingerprint density at radius 2 is 1.67 bits per heavy atom. The zero-order valence-corrected chi connectivity index (χ0v) is 15.7. The van der Waals surface area contributed by atoms with E-state index in [1.54, 1.807) is 31.2 Å². The molecule has 0 amide bonds. The lowest BCUT2D eigenvalue weighted by Crippen LogP contribution is -2.26. The molecule has 0 aliphatic carbocycles. The van der Waals surface area contributed by atoms with Gasteiger partial charge in [-0.05, 0) is 12.0 Å². The molecular weight excluding hydrogens is 360 g/mol. The summed E-state index contributed by atoms with van der Waals surface area (Å²) in [6, 6.07) is 20.3. The molecule has 0 fully saturated rings. The number of benzene rings is 2. The first-order chi connectivity index (χ1) is 13.0. The normalized spacial score (nSPS) is 17.4. The summed E-state index contributed by atoms with van der Waals surface area (Å²) in [5, 5.41) is 9.91. The van der Waals surface area contributed by atoms with Crippen molar-refractivity contribution in [1.82, 2.24) is 0 Å². The van der Waals surface area contributed by atoms with Crippen LogP contribution in [0.3, 0.4) is 0 Å². The minimum absolute atomic E-state index is 0.0354. The largest absolute Gasteiger partial charge is 0.439 e. The second kappa shape index (κ2) is 7.68. The summed E-state index contributed by atoms with van der Waals surface area (Å²) in [6.45, 7) is 1.78. The van der Waals surface area contributed by atoms with Gasteiger partial charge in [-0.15, -0.1) is 0 Å². The SMILES string of the molecule is CCCS(=O)(=O)C1=C(N)OC(c2ccccc2)=C(C#N)C1c1ccccc1. The maximum atomic E-state index is 12.9. The standard InChI is InChI=1S/C21H20N2O3S/c1-2-13-27(24,25)20-18(15-9-5-3-6-10-15)17(14-22)19(26-21(20)23)16-11-7-4-8-12-16/h3-12,18H,2,13,23H2,1H3. The fourth-order valence-corrected chi connectivity index (χ4v) is 4.93. The van der Waals surface area contributed by atoms with Crippen LogP contribution in [0.2, 0.25) is 0 Å². The number of rotatable bonds is 5. The molecule has 2 aromatic rings. The van der Waals surface area contributed by atoms with Gasteiger partial charge in [0.05, 0.1) is 23.3 Å². The van der Waals surface area contributed by atoms with Gasteiger partial charge in [0.2, 0.25) is 5.88 Å². The van der Waals surface area contributed by atoms with E-state index in [2.05, 4.69) is 6.07 Å². The molecule has 1 unspecified atom stereocenters. The second-order valence-corrected chi connectivity index (χ2v) is 8.29. The Hall–Kier alpha value is -3.04. The van der Waals surface area contributed by atoms with Crippen LogP contribution in [0.5, 0.6) is 0 Å². The first-order valence-corrected chi connectivity index (χ1v) is 10.3. The van der Waals surface area contributed by atoms with Gasteiger partial charge in [-0.3, -0.25) is 0 Å². The second-order valence-electron chi connectivity index (χ2n) is 6.21. The van der Waals surface area contributed by atoms with Gasteiger partial charge in [-0.2, -0.15) is 5.26 Å². The molecule has 0 saturated carbocycles. The van der Waals surface area contributed by atoms with Crippen molar-refractivity contribution in [3.63, 3.8) is 0 Å². The van der Waals surface area contributed by atoms with Gasteiger partial charge in [-0.1, -0.05) is 67.6 Å². The molecule has 1 aliphatic rings. The van der Waals surface area contributed by atoms with Crippen molar-refractivity contribution >= 4 is 15.6 Å². The molecule has 6 heteroatoms. The Balaban J connectivity index is 2.28. The molecule has 2 N–H and O–H groups in total. The quantitative estimate of drug-likeness (QED) is 0.854. The minimum atomic E-state index is -3.68. The van der Waals surface area contributed by atoms with Crippen LogP contribution in [0.25, 0.3) is 5.76 Å². The molecule has 0 aromatic heterocycles. The van der Waals surface area contributed by atoms with Crippen LogP contribution >= 0.6 is 0 Å². The van der Waals surface area contributed by atoms with Gasteiger partial charge in [0.15, 0.2) is 15.6 Å². The highest BCUT2D eigenvalue weighted by Crippen LogP contribution is 2.44. The topological polar surface area (TPSA) is 93.2 Å². The number of ether oxygens (including phenoxy) is 1. The summed E-state index contributed by atoms with van der Waals surface area (Å²) >= 11 is 0. The van der Waals surface area contributed by atoms with Crippen molar-refractivity contribution in [1.29, 1.82) is 5.26 Å². The highest BCUT2D eigenvalue weighted by molar-refractivity contribution is 7.95. The van der Waals surface area contributed by atoms with E-state index >= 15 is 0 Å². The highest BCUT2D eigenvalue weighted by Gasteiger charge is 2.39. The van der Waals surface area contributed by atoms with E-state index in [0.717, 1.165) is 0 Å². The summed E-state index contributed by atoms with van der Waals surface area (Å²) in [5.74, 6) is -0.735. The monoisotopic (exact) mass is 380 g/mol. The van der Waals surface area contributed by atoms with Gasteiger partial charge < -0.3 is 10.5 Å². The van der Waals surface area contributed by atoms with Crippen molar-refractivity contribution in [2.45, 2.75) is 19.3 Å². The number of nitriles is 1. The Morgan fingerprint density at radius 3 is 2.22 bits per heavy atom. The van der Waals surface area contributed by atoms with E-state index in [1.165, 1.54) is 0 Å². The lowest BCUT2D eigenvalue weighted by molar-refractivity contribution is 0.358. The van der Waals surface area contributed by atoms with Gasteiger partial charge in [-0.25, -0.2) is 8.42 Å². The maximum absolute atomic E-state index is 12.9. The molecule has 1 atom stereocenters. The molecule has 0 radical (unpaired) electrons. The summed E-state index contributed by atoms with van der Waals surface area (Å²) in [6.07, 6.45) is 0.442. The van der Waals surface area contributed by atoms with E-state index < -0.39 is 15.8 Å². The van der Waals surface area contributed by atoms with Gasteiger partial charge in [0.25, 0.3) is 0 Å². The van der Waals surface area contributed by atoms with Crippen molar-refractivity contribution in [3.05, 3.63) is 88.2 Å². The Labute approximate surface area is 159 Å². The molecule has 5 nitrogen and oxygen atoms in total. The molecule has 3 rings (SSSR count). The fourth-order valence-electron chi connectivity index (χ4n) is 3.21. The lowest BCUT2D eigenvalue weighted by atomic mass is 9.87. The minimum Gasteiger partial charge on any atom is -0.439 e. The molecule has 0 bridgehead atoms. The third kappa shape index (κ3) is 3.60. The molecular formula is C21H20N2O3S. The third-order valence-corrected chi connectivity index (χ3v) is 6.40. The molecule has 27 heavy (non-hydrogen) atoms. The van der Waals surface area contributed by atoms with Crippen LogP contribution in [-0.4, -0.2) is 14.2 Å². The van der Waals surface area contributed by atoms with Crippen LogP contribution in [0.1, 0.15) is 30.4 Å². The van der Waals surface area contributed by atoms with Gasteiger partial charge >= 0.3 is 0 Å².